The van der Waals surface area contributed by atoms with Crippen molar-refractivity contribution in [1.82, 2.24) is 0 Å². The Bertz CT molecular complexity index is 533. The molecule has 4 N–H and O–H groups in total. The summed E-state index contributed by atoms with van der Waals surface area (Å²) < 4.78 is 5.53. The second-order valence-electron chi connectivity index (χ2n) is 5.36. The third-order valence-electron chi connectivity index (χ3n) is 3.65. The Labute approximate surface area is 124 Å². The Morgan fingerprint density at radius 2 is 2.14 bits per heavy atom. The van der Waals surface area contributed by atoms with Crippen LogP contribution in [0.5, 0.6) is 5.75 Å². The number of amides is 2. The van der Waals surface area contributed by atoms with Crippen molar-refractivity contribution in [1.29, 1.82) is 0 Å². The van der Waals surface area contributed by atoms with Crippen LogP contribution in [0.25, 0.3) is 0 Å². The minimum Gasteiger partial charge on any atom is -0.477 e. The maximum absolute atomic E-state index is 12.4. The number of primary amides is 1. The lowest BCUT2D eigenvalue weighted by Gasteiger charge is -2.33. The van der Waals surface area contributed by atoms with Gasteiger partial charge in [0, 0.05) is 6.42 Å². The van der Waals surface area contributed by atoms with Crippen LogP contribution in [0, 0.1) is 5.92 Å². The number of carbonyl (C=O) groups is 2. The highest BCUT2D eigenvalue weighted by Crippen LogP contribution is 2.33. The molecule has 0 aromatic heterocycles. The molecular weight excluding hydrogens is 270 g/mol. The van der Waals surface area contributed by atoms with Gasteiger partial charge in [-0.3, -0.25) is 9.59 Å². The number of anilines is 1. The van der Waals surface area contributed by atoms with Gasteiger partial charge in [-0.2, -0.15) is 0 Å². The summed E-state index contributed by atoms with van der Waals surface area (Å²) in [6, 6.07) is 7.15. The molecule has 2 unspecified atom stereocenters. The van der Waals surface area contributed by atoms with Crippen LogP contribution in [0.4, 0.5) is 5.69 Å². The van der Waals surface area contributed by atoms with Crippen molar-refractivity contribution < 1.29 is 14.3 Å². The van der Waals surface area contributed by atoms with Crippen molar-refractivity contribution in [3.8, 4) is 5.75 Å². The molecule has 1 aliphatic heterocycles. The van der Waals surface area contributed by atoms with E-state index in [1.165, 1.54) is 0 Å². The van der Waals surface area contributed by atoms with Gasteiger partial charge in [-0.25, -0.2) is 0 Å². The van der Waals surface area contributed by atoms with Crippen LogP contribution in [0.15, 0.2) is 24.3 Å². The molecule has 21 heavy (non-hydrogen) atoms. The van der Waals surface area contributed by atoms with Crippen molar-refractivity contribution in [3.63, 3.8) is 0 Å². The maximum atomic E-state index is 12.4. The molecular formula is C15H21N3O3. The first-order valence-electron chi connectivity index (χ1n) is 7.08. The molecule has 2 rings (SSSR count). The van der Waals surface area contributed by atoms with Gasteiger partial charge in [0.05, 0.1) is 12.2 Å². The fraction of sp³-hybridized carbons (Fsp3) is 0.467. The molecule has 6 heteroatoms. The summed E-state index contributed by atoms with van der Waals surface area (Å²) in [6.07, 6.45) is 0.296. The average Bonchev–Trinajstić information content (AvgIpc) is 2.50. The first-order chi connectivity index (χ1) is 10.0. The Hall–Kier alpha value is -2.08. The third kappa shape index (κ3) is 3.52. The molecule has 114 valence electrons. The number of hydrogen-bond acceptors (Lipinski definition) is 4. The summed E-state index contributed by atoms with van der Waals surface area (Å²) >= 11 is 0. The Morgan fingerprint density at radius 3 is 2.81 bits per heavy atom. The number of carbonyl (C=O) groups excluding carboxylic acids is 2. The largest absolute Gasteiger partial charge is 0.477 e. The van der Waals surface area contributed by atoms with Crippen LogP contribution in [0.2, 0.25) is 0 Å². The molecule has 1 heterocycles. The van der Waals surface area contributed by atoms with Crippen molar-refractivity contribution in [2.75, 3.05) is 18.0 Å². The van der Waals surface area contributed by atoms with Gasteiger partial charge >= 0.3 is 0 Å². The molecule has 2 atom stereocenters. The van der Waals surface area contributed by atoms with E-state index in [-0.39, 0.29) is 18.4 Å². The number of nitrogens with zero attached hydrogens (tertiary/aromatic N) is 1. The van der Waals surface area contributed by atoms with E-state index < -0.39 is 12.0 Å². The van der Waals surface area contributed by atoms with Gasteiger partial charge in [-0.05, 0) is 31.0 Å². The maximum Gasteiger partial charge on any atom is 0.260 e. The fourth-order valence-electron chi connectivity index (χ4n) is 2.24. The number of fused-ring (bicyclic) bond motifs is 1. The zero-order valence-electron chi connectivity index (χ0n) is 12.1. The second-order valence-corrected chi connectivity index (χ2v) is 5.36. The first kappa shape index (κ1) is 15.3. The summed E-state index contributed by atoms with van der Waals surface area (Å²) in [5.41, 5.74) is 11.6. The monoisotopic (exact) mass is 291 g/mol. The zero-order chi connectivity index (χ0) is 15.4. The van der Waals surface area contributed by atoms with Crippen LogP contribution in [0.3, 0.4) is 0 Å². The van der Waals surface area contributed by atoms with E-state index in [9.17, 15) is 9.59 Å². The molecule has 1 aliphatic rings. The molecule has 0 saturated carbocycles. The molecule has 0 spiro atoms. The summed E-state index contributed by atoms with van der Waals surface area (Å²) in [5.74, 6) is 0.180. The molecule has 0 saturated heterocycles. The van der Waals surface area contributed by atoms with E-state index in [1.54, 1.807) is 23.1 Å². The van der Waals surface area contributed by atoms with Crippen LogP contribution in [-0.2, 0) is 9.59 Å². The molecule has 0 aliphatic carbocycles. The van der Waals surface area contributed by atoms with Crippen LogP contribution < -0.4 is 21.1 Å². The Morgan fingerprint density at radius 1 is 1.43 bits per heavy atom. The molecule has 1 aromatic carbocycles. The van der Waals surface area contributed by atoms with E-state index in [2.05, 4.69) is 0 Å². The van der Waals surface area contributed by atoms with E-state index in [1.807, 2.05) is 13.0 Å². The number of ether oxygens (including phenoxy) is 1. The van der Waals surface area contributed by atoms with Crippen molar-refractivity contribution in [3.05, 3.63) is 24.3 Å². The second kappa shape index (κ2) is 6.58. The number of para-hydroxylation sites is 2. The smallest absolute Gasteiger partial charge is 0.260 e. The van der Waals surface area contributed by atoms with Gasteiger partial charge in [0.1, 0.15) is 5.75 Å². The topological polar surface area (TPSA) is 98.7 Å². The van der Waals surface area contributed by atoms with Crippen molar-refractivity contribution in [2.45, 2.75) is 25.9 Å². The van der Waals surface area contributed by atoms with Crippen molar-refractivity contribution >= 4 is 17.5 Å². The standard InChI is InChI=1S/C15H21N3O3/c1-10(8-16)6-7-14(19)18-9-13(15(17)20)21-12-5-3-2-4-11(12)18/h2-5,10,13H,6-9,16H2,1H3,(H2,17,20). The average molecular weight is 291 g/mol. The summed E-state index contributed by atoms with van der Waals surface area (Å²) in [4.78, 5) is 25.4. The van der Waals surface area contributed by atoms with E-state index in [4.69, 9.17) is 16.2 Å². The lowest BCUT2D eigenvalue weighted by atomic mass is 10.0. The van der Waals surface area contributed by atoms with Gasteiger partial charge in [-0.1, -0.05) is 19.1 Å². The number of nitrogens with two attached hydrogens (primary N) is 2. The lowest BCUT2D eigenvalue weighted by molar-refractivity contribution is -0.125. The minimum absolute atomic E-state index is 0.0442. The van der Waals surface area contributed by atoms with Crippen LogP contribution in [0.1, 0.15) is 19.8 Å². The molecule has 0 radical (unpaired) electrons. The Balaban J connectivity index is 2.17. The predicted octanol–water partition coefficient (Wildman–Crippen LogP) is 0.641. The highest BCUT2D eigenvalue weighted by molar-refractivity contribution is 5.97. The van der Waals surface area contributed by atoms with Crippen LogP contribution >= 0.6 is 0 Å². The van der Waals surface area contributed by atoms with E-state index >= 15 is 0 Å². The summed E-state index contributed by atoms with van der Waals surface area (Å²) in [5, 5.41) is 0. The lowest BCUT2D eigenvalue weighted by Crippen LogP contribution is -2.49. The van der Waals surface area contributed by atoms with Crippen molar-refractivity contribution in [2.24, 2.45) is 17.4 Å². The van der Waals surface area contributed by atoms with Gasteiger partial charge < -0.3 is 21.1 Å². The fourth-order valence-corrected chi connectivity index (χ4v) is 2.24. The molecule has 6 nitrogen and oxygen atoms in total. The van der Waals surface area contributed by atoms with E-state index in [0.29, 0.717) is 24.4 Å². The zero-order valence-corrected chi connectivity index (χ0v) is 12.1. The summed E-state index contributed by atoms with van der Waals surface area (Å²) in [7, 11) is 0. The molecule has 2 amide bonds. The van der Waals surface area contributed by atoms with Gasteiger partial charge in [-0.15, -0.1) is 0 Å². The highest BCUT2D eigenvalue weighted by Gasteiger charge is 2.32. The summed E-state index contributed by atoms with van der Waals surface area (Å²) in [6.45, 7) is 2.71. The number of hydrogen-bond donors (Lipinski definition) is 2. The van der Waals surface area contributed by atoms with Gasteiger partial charge in [0.15, 0.2) is 6.10 Å². The molecule has 1 aromatic rings. The SMILES string of the molecule is CC(CN)CCC(=O)N1CC(C(N)=O)Oc2ccccc21. The van der Waals surface area contributed by atoms with E-state index in [0.717, 1.165) is 6.42 Å². The number of benzene rings is 1. The third-order valence-corrected chi connectivity index (χ3v) is 3.65. The predicted molar refractivity (Wildman–Crippen MR) is 79.9 cm³/mol. The highest BCUT2D eigenvalue weighted by atomic mass is 16.5. The Kier molecular flexibility index (Phi) is 4.80. The van der Waals surface area contributed by atoms with Gasteiger partial charge in [0.25, 0.3) is 5.91 Å². The quantitative estimate of drug-likeness (QED) is 0.831. The molecule has 0 bridgehead atoms. The van der Waals surface area contributed by atoms with Gasteiger partial charge in [0.2, 0.25) is 5.91 Å². The van der Waals surface area contributed by atoms with Crippen LogP contribution in [-0.4, -0.2) is 31.0 Å². The number of rotatable bonds is 5. The first-order valence-corrected chi connectivity index (χ1v) is 7.08. The molecule has 0 fully saturated rings. The minimum atomic E-state index is -0.809. The normalized spacial score (nSPS) is 18.6.